The van der Waals surface area contributed by atoms with E-state index in [0.29, 0.717) is 0 Å². The van der Waals surface area contributed by atoms with Crippen LogP contribution in [0.4, 0.5) is 5.69 Å². The molecule has 5 heteroatoms. The Morgan fingerprint density at radius 1 is 1.28 bits per heavy atom. The molecule has 0 aliphatic carbocycles. The largest absolute Gasteiger partial charge is 0.392 e. The van der Waals surface area contributed by atoms with E-state index in [2.05, 4.69) is 21.2 Å². The predicted octanol–water partition coefficient (Wildman–Crippen LogP) is 2.38. The number of benzene rings is 1. The summed E-state index contributed by atoms with van der Waals surface area (Å²) in [5.41, 5.74) is 1.56. The van der Waals surface area contributed by atoms with Gasteiger partial charge in [-0.3, -0.25) is 4.79 Å². The van der Waals surface area contributed by atoms with Crippen LogP contribution < -0.4 is 5.32 Å². The maximum Gasteiger partial charge on any atom is 0.244 e. The van der Waals surface area contributed by atoms with E-state index in [-0.39, 0.29) is 19.1 Å². The van der Waals surface area contributed by atoms with Crippen molar-refractivity contribution in [1.29, 1.82) is 0 Å². The van der Waals surface area contributed by atoms with Crippen LogP contribution >= 0.6 is 15.9 Å². The Bertz CT molecular complexity index is 534. The number of carbonyl (C=O) groups excluding carboxylic acids is 1. The summed E-state index contributed by atoms with van der Waals surface area (Å²) in [7, 11) is 0. The first-order chi connectivity index (χ1) is 8.67. The van der Waals surface area contributed by atoms with Gasteiger partial charge >= 0.3 is 0 Å². The Kier molecular flexibility index (Phi) is 4.17. The van der Waals surface area contributed by atoms with Crippen LogP contribution in [-0.2, 0) is 17.9 Å². The fourth-order valence-corrected chi connectivity index (χ4v) is 1.85. The number of aliphatic hydroxyl groups is 1. The minimum Gasteiger partial charge on any atom is -0.392 e. The number of amides is 1. The van der Waals surface area contributed by atoms with Crippen LogP contribution in [0, 0.1) is 0 Å². The molecule has 2 rings (SSSR count). The Balaban J connectivity index is 1.94. The SMILES string of the molecule is O=C(Cn1ccc(CO)c1)Nc1ccc(Br)cc1. The van der Waals surface area contributed by atoms with Gasteiger partial charge in [0.25, 0.3) is 0 Å². The summed E-state index contributed by atoms with van der Waals surface area (Å²) in [4.78, 5) is 11.8. The topological polar surface area (TPSA) is 54.3 Å². The minimum atomic E-state index is -0.0996. The Labute approximate surface area is 113 Å². The average Bonchev–Trinajstić information content (AvgIpc) is 2.79. The average molecular weight is 309 g/mol. The Morgan fingerprint density at radius 2 is 2.00 bits per heavy atom. The quantitative estimate of drug-likeness (QED) is 0.911. The highest BCUT2D eigenvalue weighted by Gasteiger charge is 2.04. The fraction of sp³-hybridized carbons (Fsp3) is 0.154. The van der Waals surface area contributed by atoms with Crippen molar-refractivity contribution in [2.75, 3.05) is 5.32 Å². The zero-order valence-corrected chi connectivity index (χ0v) is 11.2. The summed E-state index contributed by atoms with van der Waals surface area (Å²) in [6, 6.07) is 9.19. The normalized spacial score (nSPS) is 10.3. The molecule has 1 aromatic carbocycles. The van der Waals surface area contributed by atoms with Gasteiger partial charge in [0, 0.05) is 22.6 Å². The van der Waals surface area contributed by atoms with Crippen LogP contribution in [0.3, 0.4) is 0 Å². The van der Waals surface area contributed by atoms with Gasteiger partial charge in [0.15, 0.2) is 0 Å². The molecule has 2 N–H and O–H groups in total. The number of carbonyl (C=O) groups is 1. The summed E-state index contributed by atoms with van der Waals surface area (Å²) >= 11 is 3.34. The van der Waals surface area contributed by atoms with E-state index >= 15 is 0 Å². The van der Waals surface area contributed by atoms with Crippen molar-refractivity contribution in [2.24, 2.45) is 0 Å². The van der Waals surface area contributed by atoms with Crippen molar-refractivity contribution in [3.63, 3.8) is 0 Å². The number of hydrogen-bond acceptors (Lipinski definition) is 2. The molecule has 94 valence electrons. The molecule has 2 aromatic rings. The molecule has 0 radical (unpaired) electrons. The zero-order valence-electron chi connectivity index (χ0n) is 9.64. The lowest BCUT2D eigenvalue weighted by molar-refractivity contribution is -0.116. The second kappa shape index (κ2) is 5.84. The summed E-state index contributed by atoms with van der Waals surface area (Å²) in [5.74, 6) is -0.0996. The molecule has 0 atom stereocenters. The molecule has 0 unspecified atom stereocenters. The second-order valence-corrected chi connectivity index (χ2v) is 4.82. The molecule has 0 saturated heterocycles. The van der Waals surface area contributed by atoms with E-state index in [4.69, 9.17) is 5.11 Å². The first-order valence-electron chi connectivity index (χ1n) is 5.48. The number of halogens is 1. The van der Waals surface area contributed by atoms with Gasteiger partial charge in [-0.1, -0.05) is 15.9 Å². The van der Waals surface area contributed by atoms with Gasteiger partial charge in [-0.25, -0.2) is 0 Å². The Morgan fingerprint density at radius 3 is 2.61 bits per heavy atom. The molecule has 4 nitrogen and oxygen atoms in total. The first-order valence-corrected chi connectivity index (χ1v) is 6.27. The van der Waals surface area contributed by atoms with Gasteiger partial charge in [-0.2, -0.15) is 0 Å². The smallest absolute Gasteiger partial charge is 0.244 e. The van der Waals surface area contributed by atoms with Crippen molar-refractivity contribution >= 4 is 27.5 Å². The number of anilines is 1. The lowest BCUT2D eigenvalue weighted by atomic mass is 10.3. The van der Waals surface area contributed by atoms with E-state index in [1.807, 2.05) is 24.3 Å². The molecular weight excluding hydrogens is 296 g/mol. The van der Waals surface area contributed by atoms with Crippen LogP contribution in [0.15, 0.2) is 47.2 Å². The van der Waals surface area contributed by atoms with Crippen molar-refractivity contribution < 1.29 is 9.90 Å². The van der Waals surface area contributed by atoms with Crippen molar-refractivity contribution in [1.82, 2.24) is 4.57 Å². The molecule has 1 heterocycles. The molecule has 0 spiro atoms. The molecule has 0 aliphatic rings. The lowest BCUT2D eigenvalue weighted by Gasteiger charge is -2.06. The maximum atomic E-state index is 11.8. The lowest BCUT2D eigenvalue weighted by Crippen LogP contribution is -2.17. The van der Waals surface area contributed by atoms with E-state index in [1.165, 1.54) is 0 Å². The number of hydrogen-bond donors (Lipinski definition) is 2. The number of nitrogens with zero attached hydrogens (tertiary/aromatic N) is 1. The third kappa shape index (κ3) is 3.45. The summed E-state index contributed by atoms with van der Waals surface area (Å²) in [5, 5.41) is 11.7. The molecule has 0 saturated carbocycles. The van der Waals surface area contributed by atoms with Crippen LogP contribution in [0.5, 0.6) is 0 Å². The monoisotopic (exact) mass is 308 g/mol. The number of nitrogens with one attached hydrogen (secondary N) is 1. The van der Waals surface area contributed by atoms with E-state index in [9.17, 15) is 4.79 Å². The van der Waals surface area contributed by atoms with Gasteiger partial charge in [-0.05, 0) is 35.9 Å². The van der Waals surface area contributed by atoms with Crippen molar-refractivity contribution in [3.05, 3.63) is 52.8 Å². The first kappa shape index (κ1) is 12.9. The summed E-state index contributed by atoms with van der Waals surface area (Å²) in [6.07, 6.45) is 3.52. The van der Waals surface area contributed by atoms with Gasteiger partial charge in [0.05, 0.1) is 6.61 Å². The van der Waals surface area contributed by atoms with Crippen molar-refractivity contribution in [3.8, 4) is 0 Å². The third-order valence-corrected chi connectivity index (χ3v) is 2.98. The summed E-state index contributed by atoms with van der Waals surface area (Å²) in [6.45, 7) is 0.220. The molecule has 0 bridgehead atoms. The van der Waals surface area contributed by atoms with Crippen LogP contribution in [0.2, 0.25) is 0 Å². The molecule has 0 aliphatic heterocycles. The summed E-state index contributed by atoms with van der Waals surface area (Å²) < 4.78 is 2.71. The van der Waals surface area contributed by atoms with Gasteiger partial charge in [0.1, 0.15) is 6.54 Å². The minimum absolute atomic E-state index is 0.0126. The molecule has 0 fully saturated rings. The van der Waals surface area contributed by atoms with Crippen LogP contribution in [0.25, 0.3) is 0 Å². The highest BCUT2D eigenvalue weighted by Crippen LogP contribution is 2.14. The maximum absolute atomic E-state index is 11.8. The van der Waals surface area contributed by atoms with Crippen LogP contribution in [0.1, 0.15) is 5.56 Å². The number of aromatic nitrogens is 1. The molecule has 1 aromatic heterocycles. The zero-order chi connectivity index (χ0) is 13.0. The van der Waals surface area contributed by atoms with Gasteiger partial charge in [0.2, 0.25) is 5.91 Å². The van der Waals surface area contributed by atoms with E-state index in [0.717, 1.165) is 15.7 Å². The Hall–Kier alpha value is -1.59. The number of rotatable bonds is 4. The van der Waals surface area contributed by atoms with Gasteiger partial charge in [-0.15, -0.1) is 0 Å². The standard InChI is InChI=1S/C13H13BrN2O2/c14-11-1-3-12(4-2-11)15-13(18)8-16-6-5-10(7-16)9-17/h1-7,17H,8-9H2,(H,15,18). The fourth-order valence-electron chi connectivity index (χ4n) is 1.58. The van der Waals surface area contributed by atoms with Gasteiger partial charge < -0.3 is 15.0 Å². The number of aliphatic hydroxyl groups excluding tert-OH is 1. The van der Waals surface area contributed by atoms with E-state index in [1.54, 1.807) is 23.0 Å². The molecular formula is C13H13BrN2O2. The third-order valence-electron chi connectivity index (χ3n) is 2.45. The highest BCUT2D eigenvalue weighted by atomic mass is 79.9. The molecule has 1 amide bonds. The second-order valence-electron chi connectivity index (χ2n) is 3.91. The van der Waals surface area contributed by atoms with Crippen molar-refractivity contribution in [2.45, 2.75) is 13.2 Å². The molecule has 18 heavy (non-hydrogen) atoms. The van der Waals surface area contributed by atoms with E-state index < -0.39 is 0 Å². The predicted molar refractivity (Wildman–Crippen MR) is 73.1 cm³/mol. The highest BCUT2D eigenvalue weighted by molar-refractivity contribution is 9.10. The van der Waals surface area contributed by atoms with Crippen LogP contribution in [-0.4, -0.2) is 15.6 Å².